The van der Waals surface area contributed by atoms with Crippen LogP contribution in [0.3, 0.4) is 0 Å². The molecule has 1 aliphatic rings. The van der Waals surface area contributed by atoms with Crippen molar-refractivity contribution >= 4 is 0 Å². The highest BCUT2D eigenvalue weighted by Crippen LogP contribution is 2.16. The Morgan fingerprint density at radius 1 is 1.40 bits per heavy atom. The van der Waals surface area contributed by atoms with Gasteiger partial charge in [-0.3, -0.25) is 0 Å². The quantitative estimate of drug-likeness (QED) is 0.488. The van der Waals surface area contributed by atoms with E-state index in [9.17, 15) is 4.39 Å². The predicted molar refractivity (Wildman–Crippen MR) is 32.3 cm³/mol. The first-order valence-corrected chi connectivity index (χ1v) is 3.24. The average molecular weight is 150 g/mol. The molecule has 1 aliphatic heterocycles. The minimum Gasteiger partial charge on any atom is -0.388 e. The first kappa shape index (κ1) is 7.91. The monoisotopic (exact) mass is 150 g/mol. The summed E-state index contributed by atoms with van der Waals surface area (Å²) in [6.45, 7) is 1.47. The van der Waals surface area contributed by atoms with E-state index in [0.29, 0.717) is 0 Å². The second-order valence-electron chi connectivity index (χ2n) is 2.54. The lowest BCUT2D eigenvalue weighted by Crippen LogP contribution is -2.49. The topological polar surface area (TPSA) is 49.7 Å². The molecule has 0 unspecified atom stereocenters. The molecule has 1 heterocycles. The van der Waals surface area contributed by atoms with Crippen molar-refractivity contribution in [2.24, 2.45) is 0 Å². The van der Waals surface area contributed by atoms with Gasteiger partial charge in [0.15, 0.2) is 6.17 Å². The van der Waals surface area contributed by atoms with Crippen LogP contribution in [0, 0.1) is 0 Å². The van der Waals surface area contributed by atoms with Gasteiger partial charge in [0.05, 0.1) is 12.7 Å². The Labute approximate surface area is 58.4 Å². The van der Waals surface area contributed by atoms with Gasteiger partial charge < -0.3 is 14.9 Å². The van der Waals surface area contributed by atoms with Crippen LogP contribution < -0.4 is 0 Å². The third-order valence-electron chi connectivity index (χ3n) is 1.72. The molecule has 0 aromatic heterocycles. The largest absolute Gasteiger partial charge is 0.388 e. The van der Waals surface area contributed by atoms with E-state index >= 15 is 0 Å². The van der Waals surface area contributed by atoms with Gasteiger partial charge in [-0.25, -0.2) is 4.39 Å². The predicted octanol–water partition coefficient (Wildman–Crippen LogP) is -0.535. The number of alkyl halides is 1. The number of aliphatic hydroxyl groups excluding tert-OH is 2. The third kappa shape index (κ3) is 1.28. The second-order valence-corrected chi connectivity index (χ2v) is 2.54. The summed E-state index contributed by atoms with van der Waals surface area (Å²) < 4.78 is 17.3. The second kappa shape index (κ2) is 2.82. The molecule has 4 atom stereocenters. The Morgan fingerprint density at radius 3 is 2.50 bits per heavy atom. The molecule has 60 valence electrons. The van der Waals surface area contributed by atoms with E-state index in [2.05, 4.69) is 0 Å². The van der Waals surface area contributed by atoms with Crippen LogP contribution in [0.2, 0.25) is 0 Å². The standard InChI is InChI=1S/C6H11FO3/c1-3-5(8)6(9)4(7)2-10-3/h3-6,8-9H,2H2,1H3/t3-,4-,5+,6-/m0/s1. The summed E-state index contributed by atoms with van der Waals surface area (Å²) in [4.78, 5) is 0. The number of hydrogen-bond donors (Lipinski definition) is 2. The van der Waals surface area contributed by atoms with Crippen molar-refractivity contribution in [2.75, 3.05) is 6.61 Å². The molecule has 0 bridgehead atoms. The number of ether oxygens (including phenoxy) is 1. The molecule has 4 heteroatoms. The number of aliphatic hydroxyl groups is 2. The van der Waals surface area contributed by atoms with Crippen LogP contribution >= 0.6 is 0 Å². The van der Waals surface area contributed by atoms with Gasteiger partial charge in [0.2, 0.25) is 0 Å². The fourth-order valence-corrected chi connectivity index (χ4v) is 0.933. The molecule has 1 saturated heterocycles. The highest BCUT2D eigenvalue weighted by Gasteiger charge is 2.35. The fourth-order valence-electron chi connectivity index (χ4n) is 0.933. The van der Waals surface area contributed by atoms with Crippen molar-refractivity contribution in [3.05, 3.63) is 0 Å². The number of halogens is 1. The summed E-state index contributed by atoms with van der Waals surface area (Å²) >= 11 is 0. The van der Waals surface area contributed by atoms with Gasteiger partial charge in [-0.2, -0.15) is 0 Å². The Morgan fingerprint density at radius 2 is 2.00 bits per heavy atom. The molecule has 1 fully saturated rings. The summed E-state index contributed by atoms with van der Waals surface area (Å²) in [6.07, 6.45) is -4.30. The van der Waals surface area contributed by atoms with E-state index in [1.165, 1.54) is 0 Å². The minimum atomic E-state index is -1.45. The van der Waals surface area contributed by atoms with Gasteiger partial charge in [-0.15, -0.1) is 0 Å². The molecule has 0 amide bonds. The maximum absolute atomic E-state index is 12.5. The fraction of sp³-hybridized carbons (Fsp3) is 1.00. The summed E-state index contributed by atoms with van der Waals surface area (Å²) in [5.74, 6) is 0. The lowest BCUT2D eigenvalue weighted by atomic mass is 10.0. The van der Waals surface area contributed by atoms with Crippen LogP contribution in [0.4, 0.5) is 4.39 Å². The molecule has 0 radical (unpaired) electrons. The van der Waals surface area contributed by atoms with Gasteiger partial charge in [0.1, 0.15) is 12.2 Å². The van der Waals surface area contributed by atoms with Crippen LogP contribution in [-0.2, 0) is 4.74 Å². The Balaban J connectivity index is 2.52. The Bertz CT molecular complexity index is 106. The van der Waals surface area contributed by atoms with Crippen LogP contribution in [0.25, 0.3) is 0 Å². The highest BCUT2D eigenvalue weighted by molar-refractivity contribution is 4.84. The third-order valence-corrected chi connectivity index (χ3v) is 1.72. The zero-order valence-electron chi connectivity index (χ0n) is 5.70. The molecule has 0 saturated carbocycles. The maximum Gasteiger partial charge on any atom is 0.152 e. The molecule has 0 aliphatic carbocycles. The highest BCUT2D eigenvalue weighted by atomic mass is 19.1. The molecule has 1 rings (SSSR count). The van der Waals surface area contributed by atoms with Crippen LogP contribution in [0.1, 0.15) is 6.92 Å². The molecular formula is C6H11FO3. The van der Waals surface area contributed by atoms with Crippen molar-refractivity contribution in [1.82, 2.24) is 0 Å². The Kier molecular flexibility index (Phi) is 2.23. The molecule has 0 aromatic rings. The van der Waals surface area contributed by atoms with E-state index in [0.717, 1.165) is 0 Å². The van der Waals surface area contributed by atoms with Gasteiger partial charge >= 0.3 is 0 Å². The van der Waals surface area contributed by atoms with E-state index in [4.69, 9.17) is 14.9 Å². The van der Waals surface area contributed by atoms with Gasteiger partial charge in [-0.1, -0.05) is 0 Å². The average Bonchev–Trinajstić information content (AvgIpc) is 1.93. The molecule has 0 spiro atoms. The molecular weight excluding hydrogens is 139 g/mol. The molecule has 0 aromatic carbocycles. The van der Waals surface area contributed by atoms with E-state index in [1.807, 2.05) is 0 Å². The van der Waals surface area contributed by atoms with Gasteiger partial charge in [0.25, 0.3) is 0 Å². The zero-order chi connectivity index (χ0) is 7.72. The summed E-state index contributed by atoms with van der Waals surface area (Å²) in [5.41, 5.74) is 0. The smallest absolute Gasteiger partial charge is 0.152 e. The maximum atomic E-state index is 12.5. The van der Waals surface area contributed by atoms with Crippen molar-refractivity contribution in [1.29, 1.82) is 0 Å². The normalized spacial score (nSPS) is 49.2. The van der Waals surface area contributed by atoms with Crippen molar-refractivity contribution < 1.29 is 19.3 Å². The number of hydrogen-bond acceptors (Lipinski definition) is 3. The summed E-state index contributed by atoms with van der Waals surface area (Å²) in [6, 6.07) is 0. The van der Waals surface area contributed by atoms with Crippen molar-refractivity contribution in [3.63, 3.8) is 0 Å². The van der Waals surface area contributed by atoms with Crippen LogP contribution in [0.15, 0.2) is 0 Å². The molecule has 10 heavy (non-hydrogen) atoms. The summed E-state index contributed by atoms with van der Waals surface area (Å²) in [5, 5.41) is 17.9. The first-order valence-electron chi connectivity index (χ1n) is 3.24. The molecule has 2 N–H and O–H groups in total. The number of rotatable bonds is 0. The van der Waals surface area contributed by atoms with E-state index in [1.54, 1.807) is 6.92 Å². The summed E-state index contributed by atoms with van der Waals surface area (Å²) in [7, 11) is 0. The zero-order valence-corrected chi connectivity index (χ0v) is 5.70. The minimum absolute atomic E-state index is 0.126. The van der Waals surface area contributed by atoms with Crippen LogP contribution in [-0.4, -0.2) is 41.3 Å². The lowest BCUT2D eigenvalue weighted by Gasteiger charge is -2.31. The Hall–Kier alpha value is -0.190. The van der Waals surface area contributed by atoms with Crippen LogP contribution in [0.5, 0.6) is 0 Å². The van der Waals surface area contributed by atoms with E-state index in [-0.39, 0.29) is 6.61 Å². The van der Waals surface area contributed by atoms with Gasteiger partial charge in [0, 0.05) is 0 Å². The van der Waals surface area contributed by atoms with E-state index < -0.39 is 24.5 Å². The SMILES string of the molecule is C[C@@H]1OC[C@H](F)[C@H](O)[C@@H]1O. The van der Waals surface area contributed by atoms with Crippen molar-refractivity contribution in [2.45, 2.75) is 31.4 Å². The van der Waals surface area contributed by atoms with Gasteiger partial charge in [-0.05, 0) is 6.92 Å². The first-order chi connectivity index (χ1) is 4.63. The molecule has 3 nitrogen and oxygen atoms in total. The lowest BCUT2D eigenvalue weighted by molar-refractivity contribution is -0.162. The van der Waals surface area contributed by atoms with Crippen molar-refractivity contribution in [3.8, 4) is 0 Å².